The summed E-state index contributed by atoms with van der Waals surface area (Å²) >= 11 is 0. The summed E-state index contributed by atoms with van der Waals surface area (Å²) in [5, 5.41) is 0. The fourth-order valence-corrected chi connectivity index (χ4v) is 14.3. The van der Waals surface area contributed by atoms with Crippen molar-refractivity contribution in [1.82, 2.24) is 0 Å². The zero-order valence-corrected chi connectivity index (χ0v) is 49.3. The summed E-state index contributed by atoms with van der Waals surface area (Å²) in [4.78, 5) is 53.2. The summed E-state index contributed by atoms with van der Waals surface area (Å²) in [5.74, 6) is 0.269. The third kappa shape index (κ3) is 13.2. The van der Waals surface area contributed by atoms with Crippen LogP contribution in [0.4, 0.5) is 0 Å². The molecule has 0 heterocycles. The molecule has 0 amide bonds. The first-order valence-corrected chi connectivity index (χ1v) is 29.9. The predicted octanol–water partition coefficient (Wildman–Crippen LogP) is 13.5. The van der Waals surface area contributed by atoms with Crippen LogP contribution in [0.2, 0.25) is 0 Å². The molecule has 9 rings (SSSR count). The van der Waals surface area contributed by atoms with Crippen LogP contribution in [0.1, 0.15) is 223 Å². The molecule has 80 heavy (non-hydrogen) atoms. The molecule has 12 heteroatoms. The van der Waals surface area contributed by atoms with Gasteiger partial charge in [-0.25, -0.2) is 19.2 Å². The first-order valence-electron chi connectivity index (χ1n) is 29.9. The Labute approximate surface area is 475 Å². The standard InChI is InChI=1S/C68H88O12/c1-65(21-13-9-14-22-65)53-33-45-29-47-35-54(66(2)23-15-10-16-24-66)37-49(62(47)78-42-58(70)74-6)31-51-39-56(68(4)27-19-12-20-28-68)40-52(64(51)80-44-60(72)76-8)32-50-38-55(67(3)25-17-11-18-26-67)36-48(63(50)79-43-59(71)75-7)30-46(34-53)61(45)77-41-57(69)73-5/h33-40H,9-32,41-44H2,1-8H3. The Morgan fingerprint density at radius 2 is 0.463 bits per heavy atom. The van der Waals surface area contributed by atoms with Gasteiger partial charge in [0.2, 0.25) is 0 Å². The van der Waals surface area contributed by atoms with E-state index >= 15 is 0 Å². The van der Waals surface area contributed by atoms with Crippen LogP contribution < -0.4 is 18.9 Å². The van der Waals surface area contributed by atoms with E-state index in [4.69, 9.17) is 37.9 Å². The Morgan fingerprint density at radius 3 is 0.613 bits per heavy atom. The zero-order chi connectivity index (χ0) is 56.7. The molecule has 0 radical (unpaired) electrons. The fraction of sp³-hybridized carbons (Fsp3) is 0.588. The summed E-state index contributed by atoms with van der Waals surface area (Å²) < 4.78 is 48.4. The highest BCUT2D eigenvalue weighted by Gasteiger charge is 2.37. The third-order valence-electron chi connectivity index (χ3n) is 19.4. The van der Waals surface area contributed by atoms with Crippen molar-refractivity contribution in [3.63, 3.8) is 0 Å². The van der Waals surface area contributed by atoms with Crippen LogP contribution in [0, 0.1) is 0 Å². The van der Waals surface area contributed by atoms with Crippen LogP contribution in [-0.4, -0.2) is 78.7 Å². The molecule has 0 aliphatic heterocycles. The normalized spacial score (nSPS) is 19.1. The molecule has 0 spiro atoms. The van der Waals surface area contributed by atoms with Crippen molar-refractivity contribution in [3.05, 3.63) is 115 Å². The number of hydrogen-bond acceptors (Lipinski definition) is 12. The van der Waals surface area contributed by atoms with Gasteiger partial charge in [0.25, 0.3) is 0 Å². The van der Waals surface area contributed by atoms with Crippen molar-refractivity contribution in [3.8, 4) is 23.0 Å². The average molecular weight is 1100 g/mol. The zero-order valence-electron chi connectivity index (χ0n) is 49.3. The lowest BCUT2D eigenvalue weighted by Gasteiger charge is -2.37. The molecule has 4 fully saturated rings. The van der Waals surface area contributed by atoms with Crippen LogP contribution >= 0.6 is 0 Å². The molecule has 4 aromatic carbocycles. The van der Waals surface area contributed by atoms with E-state index in [0.717, 1.165) is 147 Å². The number of fused-ring (bicyclic) bond motifs is 8. The maximum Gasteiger partial charge on any atom is 0.343 e. The minimum Gasteiger partial charge on any atom is -0.481 e. The summed E-state index contributed by atoms with van der Waals surface area (Å²) in [6.45, 7) is 8.25. The van der Waals surface area contributed by atoms with Crippen LogP contribution in [0.3, 0.4) is 0 Å². The molecule has 12 nitrogen and oxygen atoms in total. The highest BCUT2D eigenvalue weighted by atomic mass is 16.6. The van der Waals surface area contributed by atoms with E-state index in [1.54, 1.807) is 0 Å². The summed E-state index contributed by atoms with van der Waals surface area (Å²) in [6, 6.07) is 18.4. The highest BCUT2D eigenvalue weighted by Crippen LogP contribution is 2.50. The number of ether oxygens (including phenoxy) is 8. The van der Waals surface area contributed by atoms with Gasteiger partial charge in [-0.05, 0) is 140 Å². The fourth-order valence-electron chi connectivity index (χ4n) is 14.3. The lowest BCUT2D eigenvalue weighted by molar-refractivity contribution is -0.143. The lowest BCUT2D eigenvalue weighted by Crippen LogP contribution is -2.27. The van der Waals surface area contributed by atoms with E-state index in [-0.39, 0.29) is 48.1 Å². The summed E-state index contributed by atoms with van der Waals surface area (Å²) in [6.07, 6.45) is 23.1. The van der Waals surface area contributed by atoms with Crippen LogP contribution in [0.25, 0.3) is 0 Å². The van der Waals surface area contributed by atoms with Gasteiger partial charge in [0, 0.05) is 25.7 Å². The molecule has 0 unspecified atom stereocenters. The Hall–Kier alpha value is -6.04. The van der Waals surface area contributed by atoms with Gasteiger partial charge in [0.05, 0.1) is 28.4 Å². The molecule has 0 saturated heterocycles. The molecule has 0 atom stereocenters. The average Bonchev–Trinajstić information content (AvgIpc) is 3.47. The van der Waals surface area contributed by atoms with Crippen molar-refractivity contribution in [2.45, 2.75) is 203 Å². The molecule has 4 aromatic rings. The van der Waals surface area contributed by atoms with E-state index in [1.165, 1.54) is 76.4 Å². The van der Waals surface area contributed by atoms with Gasteiger partial charge in [-0.15, -0.1) is 0 Å². The smallest absolute Gasteiger partial charge is 0.343 e. The van der Waals surface area contributed by atoms with Crippen molar-refractivity contribution >= 4 is 23.9 Å². The minimum absolute atomic E-state index is 0.154. The molecule has 5 aliphatic rings. The van der Waals surface area contributed by atoms with Crippen molar-refractivity contribution in [2.75, 3.05) is 54.9 Å². The Kier molecular flexibility index (Phi) is 18.6. The predicted molar refractivity (Wildman–Crippen MR) is 309 cm³/mol. The quantitative estimate of drug-likeness (QED) is 0.0685. The Balaban J connectivity index is 1.42. The second-order valence-electron chi connectivity index (χ2n) is 25.1. The number of hydrogen-bond donors (Lipinski definition) is 0. The van der Waals surface area contributed by atoms with E-state index in [0.29, 0.717) is 48.7 Å². The second kappa shape index (κ2) is 25.4. The lowest BCUT2D eigenvalue weighted by atomic mass is 9.68. The third-order valence-corrected chi connectivity index (χ3v) is 19.4. The molecule has 432 valence electrons. The second-order valence-corrected chi connectivity index (χ2v) is 25.1. The monoisotopic (exact) mass is 1100 g/mol. The van der Waals surface area contributed by atoms with Gasteiger partial charge in [-0.3, -0.25) is 0 Å². The van der Waals surface area contributed by atoms with Crippen molar-refractivity contribution in [1.29, 1.82) is 0 Å². The Morgan fingerprint density at radius 1 is 0.300 bits per heavy atom. The maximum atomic E-state index is 13.3. The number of esters is 4. The van der Waals surface area contributed by atoms with E-state index in [2.05, 4.69) is 76.2 Å². The van der Waals surface area contributed by atoms with Crippen molar-refractivity contribution < 1.29 is 57.1 Å². The van der Waals surface area contributed by atoms with Gasteiger partial charge in [-0.2, -0.15) is 0 Å². The van der Waals surface area contributed by atoms with Gasteiger partial charge in [0.1, 0.15) is 23.0 Å². The first kappa shape index (κ1) is 58.6. The number of carbonyl (C=O) groups excluding carboxylic acids is 4. The summed E-state index contributed by atoms with van der Waals surface area (Å²) in [7, 11) is 5.49. The largest absolute Gasteiger partial charge is 0.481 e. The topological polar surface area (TPSA) is 142 Å². The maximum absolute atomic E-state index is 13.3. The summed E-state index contributed by atoms with van der Waals surface area (Å²) in [5.41, 5.74) is 11.2. The number of rotatable bonds is 16. The number of benzene rings is 4. The van der Waals surface area contributed by atoms with Gasteiger partial charge in [0.15, 0.2) is 26.4 Å². The van der Waals surface area contributed by atoms with Gasteiger partial charge >= 0.3 is 23.9 Å². The van der Waals surface area contributed by atoms with Crippen LogP contribution in [0.5, 0.6) is 23.0 Å². The van der Waals surface area contributed by atoms with Crippen molar-refractivity contribution in [2.24, 2.45) is 0 Å². The molecule has 0 aromatic heterocycles. The van der Waals surface area contributed by atoms with Gasteiger partial charge < -0.3 is 37.9 Å². The molecule has 0 N–H and O–H groups in total. The molecule has 8 bridgehead atoms. The van der Waals surface area contributed by atoms with Crippen LogP contribution in [0.15, 0.2) is 48.5 Å². The SMILES string of the molecule is COC(=O)COc1c2cc(C3(C)CCCCC3)cc1Cc1cc(C3(C)CCCCC3)cc(c1OCC(=O)OC)Cc1cc(C3(C)CCCCC3)cc(c1OCC(=O)OC)Cc1cc(C3(C)CCCCC3)cc(c1OCC(=O)OC)C2. The molecular weight excluding hydrogens is 1010 g/mol. The van der Waals surface area contributed by atoms with E-state index in [9.17, 15) is 19.2 Å². The van der Waals surface area contributed by atoms with E-state index in [1.807, 2.05) is 0 Å². The highest BCUT2D eigenvalue weighted by molar-refractivity contribution is 5.73. The van der Waals surface area contributed by atoms with E-state index < -0.39 is 23.9 Å². The number of methoxy groups -OCH3 is 4. The molecular formula is C68H88O12. The molecule has 4 saturated carbocycles. The number of carbonyl (C=O) groups is 4. The minimum atomic E-state index is -0.506. The van der Waals surface area contributed by atoms with Gasteiger partial charge in [-0.1, -0.05) is 153 Å². The van der Waals surface area contributed by atoms with Crippen LogP contribution in [-0.2, 0) is 85.5 Å². The Bertz CT molecular complexity index is 2410. The first-order chi connectivity index (χ1) is 38.5. The molecule has 5 aliphatic carbocycles.